The molecule has 25 heavy (non-hydrogen) atoms. The maximum Gasteiger partial charge on any atom is 0.291 e. The van der Waals surface area contributed by atoms with Gasteiger partial charge in [-0.05, 0) is 12.1 Å². The number of hydroxylamine groups is 3. The molecule has 4 aliphatic rings. The first-order valence-electron chi connectivity index (χ1n) is 8.67. The van der Waals surface area contributed by atoms with Crippen LogP contribution in [0.5, 0.6) is 0 Å². The van der Waals surface area contributed by atoms with Crippen molar-refractivity contribution < 1.29 is 9.38 Å². The van der Waals surface area contributed by atoms with E-state index >= 15 is 0 Å². The molecule has 1 atom stereocenters. The number of hydrogen-bond acceptors (Lipinski definition) is 6. The standard InChI is InChI=1S/C17H20N6O2/c24-23-7-3-13(4-8-23)17(11-23)10-18-16(25-17)21-14-9-15(20-12-19-14)22-5-1-2-6-22/h1-2,5-6,9,12-13H,3-4,7-8,10-11H2,(H,18,19,20,21)/t13?,17-,23?/m0/s1. The molecule has 6 heterocycles. The molecule has 0 aromatic carbocycles. The first-order chi connectivity index (χ1) is 12.1. The zero-order valence-electron chi connectivity index (χ0n) is 13.8. The Morgan fingerprint density at radius 1 is 1.24 bits per heavy atom. The van der Waals surface area contributed by atoms with Gasteiger partial charge in [0.05, 0.1) is 19.6 Å². The van der Waals surface area contributed by atoms with E-state index in [9.17, 15) is 5.21 Å². The van der Waals surface area contributed by atoms with E-state index in [0.717, 1.165) is 18.7 Å². The fourth-order valence-electron chi connectivity index (χ4n) is 4.32. The topological polar surface area (TPSA) is 87.4 Å². The number of fused-ring (bicyclic) bond motifs is 2. The molecule has 0 radical (unpaired) electrons. The van der Waals surface area contributed by atoms with E-state index in [1.807, 2.05) is 35.2 Å². The van der Waals surface area contributed by atoms with Crippen LogP contribution in [0.4, 0.5) is 5.82 Å². The normalized spacial score (nSPS) is 33.3. The molecule has 2 aromatic heterocycles. The average Bonchev–Trinajstić information content (AvgIpc) is 3.26. The molecule has 4 aliphatic heterocycles. The highest BCUT2D eigenvalue weighted by Gasteiger charge is 2.56. The number of amidine groups is 1. The summed E-state index contributed by atoms with van der Waals surface area (Å²) in [6.45, 7) is 2.48. The monoisotopic (exact) mass is 340 g/mol. The molecule has 3 fully saturated rings. The first kappa shape index (κ1) is 14.9. The molecular weight excluding hydrogens is 320 g/mol. The van der Waals surface area contributed by atoms with E-state index in [1.54, 1.807) is 0 Å². The number of aromatic nitrogens is 3. The molecule has 0 amide bonds. The number of aliphatic imine (C=N–C) groups is 1. The van der Waals surface area contributed by atoms with E-state index in [1.165, 1.54) is 6.33 Å². The number of piperidine rings is 3. The Morgan fingerprint density at radius 2 is 2.04 bits per heavy atom. The molecule has 0 saturated carbocycles. The number of anilines is 1. The Bertz CT molecular complexity index is 812. The van der Waals surface area contributed by atoms with E-state index < -0.39 is 5.60 Å². The lowest BCUT2D eigenvalue weighted by atomic mass is 9.75. The van der Waals surface area contributed by atoms with Crippen LogP contribution in [0.25, 0.3) is 5.82 Å². The van der Waals surface area contributed by atoms with Crippen LogP contribution in [-0.2, 0) is 4.74 Å². The smallest absolute Gasteiger partial charge is 0.291 e. The molecule has 130 valence electrons. The van der Waals surface area contributed by atoms with Gasteiger partial charge in [0.2, 0.25) is 0 Å². The Morgan fingerprint density at radius 3 is 2.80 bits per heavy atom. The van der Waals surface area contributed by atoms with Crippen LogP contribution in [0.3, 0.4) is 0 Å². The van der Waals surface area contributed by atoms with Gasteiger partial charge in [0.15, 0.2) is 5.60 Å². The van der Waals surface area contributed by atoms with Crippen molar-refractivity contribution in [2.75, 3.05) is 31.5 Å². The number of quaternary nitrogens is 1. The van der Waals surface area contributed by atoms with Gasteiger partial charge in [0.1, 0.15) is 24.5 Å². The highest BCUT2D eigenvalue weighted by Crippen LogP contribution is 2.44. The summed E-state index contributed by atoms with van der Waals surface area (Å²) in [4.78, 5) is 13.0. The SMILES string of the molecule is [O-][N+]12CCC(CC1)[C@]1(CN=C(Nc3cc(-n4cccc4)ncn3)O1)C2. The van der Waals surface area contributed by atoms with E-state index in [4.69, 9.17) is 4.74 Å². The maximum atomic E-state index is 12.7. The van der Waals surface area contributed by atoms with Crippen molar-refractivity contribution in [2.24, 2.45) is 10.9 Å². The summed E-state index contributed by atoms with van der Waals surface area (Å²) in [7, 11) is 0. The van der Waals surface area contributed by atoms with Crippen LogP contribution >= 0.6 is 0 Å². The van der Waals surface area contributed by atoms with Gasteiger partial charge in [-0.15, -0.1) is 0 Å². The van der Waals surface area contributed by atoms with Gasteiger partial charge in [-0.3, -0.25) is 5.32 Å². The summed E-state index contributed by atoms with van der Waals surface area (Å²) < 4.78 is 7.95. The van der Waals surface area contributed by atoms with Crippen molar-refractivity contribution in [1.82, 2.24) is 14.5 Å². The van der Waals surface area contributed by atoms with Crippen LogP contribution in [0.15, 0.2) is 41.9 Å². The Labute approximate surface area is 145 Å². The first-order valence-corrected chi connectivity index (χ1v) is 8.67. The second-order valence-corrected chi connectivity index (χ2v) is 7.20. The van der Waals surface area contributed by atoms with Gasteiger partial charge in [-0.25, -0.2) is 15.0 Å². The maximum absolute atomic E-state index is 12.7. The Balaban J connectivity index is 1.33. The van der Waals surface area contributed by atoms with E-state index in [2.05, 4.69) is 20.3 Å². The quantitative estimate of drug-likeness (QED) is 0.662. The third-order valence-electron chi connectivity index (χ3n) is 5.62. The van der Waals surface area contributed by atoms with Crippen LogP contribution < -0.4 is 5.32 Å². The molecule has 6 rings (SSSR count). The minimum Gasteiger partial charge on any atom is -0.633 e. The van der Waals surface area contributed by atoms with Crippen molar-refractivity contribution in [3.8, 4) is 5.82 Å². The van der Waals surface area contributed by atoms with Crippen molar-refractivity contribution in [3.63, 3.8) is 0 Å². The molecule has 0 unspecified atom stereocenters. The van der Waals surface area contributed by atoms with Gasteiger partial charge in [-0.2, -0.15) is 0 Å². The summed E-state index contributed by atoms with van der Waals surface area (Å²) in [5, 5.41) is 15.8. The predicted octanol–water partition coefficient (Wildman–Crippen LogP) is 1.54. The second kappa shape index (κ2) is 5.27. The average molecular weight is 340 g/mol. The lowest BCUT2D eigenvalue weighted by molar-refractivity contribution is -0.905. The number of hydrogen-bond donors (Lipinski definition) is 1. The molecular formula is C17H20N6O2. The third kappa shape index (κ3) is 2.49. The van der Waals surface area contributed by atoms with E-state index in [0.29, 0.717) is 43.9 Å². The van der Waals surface area contributed by atoms with E-state index in [-0.39, 0.29) is 4.65 Å². The molecule has 8 nitrogen and oxygen atoms in total. The molecule has 1 spiro atoms. The highest BCUT2D eigenvalue weighted by molar-refractivity contribution is 5.89. The summed E-state index contributed by atoms with van der Waals surface area (Å²) >= 11 is 0. The van der Waals surface area contributed by atoms with Crippen molar-refractivity contribution in [2.45, 2.75) is 18.4 Å². The highest BCUT2D eigenvalue weighted by atomic mass is 16.6. The predicted molar refractivity (Wildman–Crippen MR) is 92.1 cm³/mol. The molecule has 1 N–H and O–H groups in total. The molecule has 2 bridgehead atoms. The zero-order chi connectivity index (χ0) is 16.9. The number of nitrogens with one attached hydrogen (secondary N) is 1. The molecule has 8 heteroatoms. The fraction of sp³-hybridized carbons (Fsp3) is 0.471. The van der Waals surface area contributed by atoms with Gasteiger partial charge >= 0.3 is 0 Å². The van der Waals surface area contributed by atoms with Crippen molar-refractivity contribution >= 4 is 11.8 Å². The minimum atomic E-state index is -0.434. The number of ether oxygens (including phenoxy) is 1. The van der Waals surface area contributed by atoms with Crippen molar-refractivity contribution in [1.29, 1.82) is 0 Å². The summed E-state index contributed by atoms with van der Waals surface area (Å²) in [5.41, 5.74) is -0.434. The van der Waals surface area contributed by atoms with Crippen LogP contribution in [0, 0.1) is 11.1 Å². The van der Waals surface area contributed by atoms with Gasteiger partial charge in [0.25, 0.3) is 6.02 Å². The number of nitrogens with zero attached hydrogens (tertiary/aromatic N) is 5. The van der Waals surface area contributed by atoms with Crippen LogP contribution in [0.1, 0.15) is 12.8 Å². The van der Waals surface area contributed by atoms with Crippen LogP contribution in [-0.4, -0.2) is 57.0 Å². The molecule has 3 saturated heterocycles. The lowest BCUT2D eigenvalue weighted by Gasteiger charge is -2.58. The fourth-order valence-corrected chi connectivity index (χ4v) is 4.32. The van der Waals surface area contributed by atoms with Crippen LogP contribution in [0.2, 0.25) is 0 Å². The molecule has 2 aromatic rings. The minimum absolute atomic E-state index is 0.134. The largest absolute Gasteiger partial charge is 0.633 e. The molecule has 0 aliphatic carbocycles. The van der Waals surface area contributed by atoms with Crippen molar-refractivity contribution in [3.05, 3.63) is 42.1 Å². The van der Waals surface area contributed by atoms with Gasteiger partial charge in [-0.1, -0.05) is 0 Å². The summed E-state index contributed by atoms with van der Waals surface area (Å²) in [6, 6.07) is 6.18. The lowest BCUT2D eigenvalue weighted by Crippen LogP contribution is -2.67. The Kier molecular flexibility index (Phi) is 3.13. The van der Waals surface area contributed by atoms with Gasteiger partial charge < -0.3 is 19.2 Å². The summed E-state index contributed by atoms with van der Waals surface area (Å²) in [5.74, 6) is 1.81. The zero-order valence-corrected chi connectivity index (χ0v) is 13.8. The Hall–Kier alpha value is -2.45. The van der Waals surface area contributed by atoms with Gasteiger partial charge in [0, 0.05) is 37.2 Å². The number of rotatable bonds is 2. The summed E-state index contributed by atoms with van der Waals surface area (Å²) in [6.07, 6.45) is 7.22. The third-order valence-corrected chi connectivity index (χ3v) is 5.62. The second-order valence-electron chi connectivity index (χ2n) is 7.20.